The molecule has 0 atom stereocenters. The van der Waals surface area contributed by atoms with Crippen molar-refractivity contribution in [1.82, 2.24) is 4.98 Å². The van der Waals surface area contributed by atoms with Gasteiger partial charge >= 0.3 is 0 Å². The maximum absolute atomic E-state index is 12.7. The summed E-state index contributed by atoms with van der Waals surface area (Å²) in [6.45, 7) is 2.80. The molecule has 2 rings (SSSR count). The van der Waals surface area contributed by atoms with Crippen LogP contribution in [0.25, 0.3) is 0 Å². The van der Waals surface area contributed by atoms with Crippen LogP contribution >= 0.6 is 0 Å². The van der Waals surface area contributed by atoms with Crippen LogP contribution in [0.4, 0.5) is 5.69 Å². The quantitative estimate of drug-likeness (QED) is 0.782. The Kier molecular flexibility index (Phi) is 6.36. The molecule has 0 unspecified atom stereocenters. The van der Waals surface area contributed by atoms with Gasteiger partial charge in [0, 0.05) is 20.3 Å². The summed E-state index contributed by atoms with van der Waals surface area (Å²) in [7, 11) is 3.24. The van der Waals surface area contributed by atoms with Crippen LogP contribution in [0.15, 0.2) is 12.1 Å². The summed E-state index contributed by atoms with van der Waals surface area (Å²) in [5.41, 5.74) is 0.699. The van der Waals surface area contributed by atoms with Crippen molar-refractivity contribution in [2.75, 3.05) is 32.8 Å². The van der Waals surface area contributed by atoms with Gasteiger partial charge in [-0.05, 0) is 25.8 Å². The highest BCUT2D eigenvalue weighted by molar-refractivity contribution is 5.97. The van der Waals surface area contributed by atoms with E-state index in [-0.39, 0.29) is 5.91 Å². The van der Waals surface area contributed by atoms with Crippen molar-refractivity contribution in [2.24, 2.45) is 0 Å². The molecule has 1 aliphatic rings. The molecule has 128 valence electrons. The molecule has 0 aliphatic heterocycles. The van der Waals surface area contributed by atoms with E-state index in [2.05, 4.69) is 10.3 Å². The molecule has 0 spiro atoms. The summed E-state index contributed by atoms with van der Waals surface area (Å²) in [6.07, 6.45) is 4.72. The highest BCUT2D eigenvalue weighted by Crippen LogP contribution is 2.32. The van der Waals surface area contributed by atoms with E-state index < -0.39 is 5.60 Å². The molecule has 6 nitrogen and oxygen atoms in total. The monoisotopic (exact) mass is 322 g/mol. The molecule has 0 aromatic carbocycles. The van der Waals surface area contributed by atoms with E-state index in [9.17, 15) is 4.79 Å². The number of hydrogen-bond donors (Lipinski definition) is 1. The van der Waals surface area contributed by atoms with Crippen LogP contribution in [-0.4, -0.2) is 43.9 Å². The second-order valence-electron chi connectivity index (χ2n) is 5.84. The number of aryl methyl sites for hydroxylation is 1. The normalized spacial score (nSPS) is 16.8. The van der Waals surface area contributed by atoms with Gasteiger partial charge in [0.1, 0.15) is 12.2 Å². The van der Waals surface area contributed by atoms with Gasteiger partial charge in [0.15, 0.2) is 0 Å². The smallest absolute Gasteiger partial charge is 0.256 e. The Labute approximate surface area is 137 Å². The van der Waals surface area contributed by atoms with Crippen molar-refractivity contribution in [1.29, 1.82) is 0 Å². The van der Waals surface area contributed by atoms with E-state index in [4.69, 9.17) is 14.2 Å². The van der Waals surface area contributed by atoms with Gasteiger partial charge in [-0.3, -0.25) is 4.79 Å². The summed E-state index contributed by atoms with van der Waals surface area (Å²) < 4.78 is 16.0. The molecule has 1 N–H and O–H groups in total. The van der Waals surface area contributed by atoms with Gasteiger partial charge < -0.3 is 19.5 Å². The Morgan fingerprint density at radius 3 is 2.57 bits per heavy atom. The molecule has 1 aliphatic carbocycles. The zero-order chi connectivity index (χ0) is 16.7. The van der Waals surface area contributed by atoms with E-state index in [1.807, 2.05) is 13.0 Å². The highest BCUT2D eigenvalue weighted by Gasteiger charge is 2.39. The number of rotatable bonds is 7. The molecule has 1 aromatic rings. The number of ether oxygens (including phenoxy) is 3. The number of hydrogen-bond acceptors (Lipinski definition) is 5. The molecular weight excluding hydrogens is 296 g/mol. The Morgan fingerprint density at radius 2 is 1.96 bits per heavy atom. The summed E-state index contributed by atoms with van der Waals surface area (Å²) in [5, 5.41) is 2.96. The van der Waals surface area contributed by atoms with Crippen molar-refractivity contribution in [3.8, 4) is 5.88 Å². The van der Waals surface area contributed by atoms with Gasteiger partial charge in [-0.2, -0.15) is 0 Å². The highest BCUT2D eigenvalue weighted by atomic mass is 16.5. The van der Waals surface area contributed by atoms with E-state index in [0.29, 0.717) is 24.8 Å². The van der Waals surface area contributed by atoms with Crippen molar-refractivity contribution in [2.45, 2.75) is 44.6 Å². The van der Waals surface area contributed by atoms with Crippen LogP contribution in [0.1, 0.15) is 37.8 Å². The number of amides is 1. The second-order valence-corrected chi connectivity index (χ2v) is 5.84. The fourth-order valence-corrected chi connectivity index (χ4v) is 2.86. The van der Waals surface area contributed by atoms with E-state index >= 15 is 0 Å². The van der Waals surface area contributed by atoms with Gasteiger partial charge in [-0.1, -0.05) is 19.3 Å². The zero-order valence-corrected chi connectivity index (χ0v) is 14.2. The summed E-state index contributed by atoms with van der Waals surface area (Å²) >= 11 is 0. The molecule has 0 radical (unpaired) electrons. The second kappa shape index (κ2) is 8.26. The first kappa shape index (κ1) is 17.7. The van der Waals surface area contributed by atoms with Gasteiger partial charge in [0.2, 0.25) is 5.88 Å². The molecule has 0 bridgehead atoms. The first-order chi connectivity index (χ1) is 11.1. The van der Waals surface area contributed by atoms with Crippen molar-refractivity contribution in [3.05, 3.63) is 17.8 Å². The molecule has 6 heteroatoms. The molecular formula is C17H26N2O4. The van der Waals surface area contributed by atoms with Crippen molar-refractivity contribution >= 4 is 11.6 Å². The van der Waals surface area contributed by atoms with Gasteiger partial charge in [-0.15, -0.1) is 0 Å². The number of nitrogens with one attached hydrogen (secondary N) is 1. The van der Waals surface area contributed by atoms with Gasteiger partial charge in [-0.25, -0.2) is 4.98 Å². The molecule has 1 saturated carbocycles. The van der Waals surface area contributed by atoms with Gasteiger partial charge in [0.25, 0.3) is 5.91 Å². The third-order valence-corrected chi connectivity index (χ3v) is 4.31. The predicted molar refractivity (Wildman–Crippen MR) is 87.8 cm³/mol. The number of nitrogens with zero attached hydrogens (tertiary/aromatic N) is 1. The molecule has 0 saturated heterocycles. The number of anilines is 1. The van der Waals surface area contributed by atoms with Crippen molar-refractivity contribution in [3.63, 3.8) is 0 Å². The number of methoxy groups -OCH3 is 2. The lowest BCUT2D eigenvalue weighted by molar-refractivity contribution is -0.141. The number of carbonyl (C=O) groups excluding carboxylic acids is 1. The SMILES string of the molecule is COCCOc1ccc(NC(=O)C2(OC)CCCCC2)c(C)n1. The average molecular weight is 322 g/mol. The topological polar surface area (TPSA) is 69.7 Å². The van der Waals surface area contributed by atoms with Crippen molar-refractivity contribution < 1.29 is 19.0 Å². The average Bonchev–Trinajstić information content (AvgIpc) is 2.58. The molecule has 1 fully saturated rings. The first-order valence-electron chi connectivity index (χ1n) is 8.07. The van der Waals surface area contributed by atoms with Crippen LogP contribution in [0, 0.1) is 6.92 Å². The Bertz CT molecular complexity index is 527. The maximum atomic E-state index is 12.7. The number of carbonyl (C=O) groups is 1. The summed E-state index contributed by atoms with van der Waals surface area (Å²) in [5.74, 6) is 0.439. The Balaban J connectivity index is 2.02. The minimum Gasteiger partial charge on any atom is -0.475 e. The predicted octanol–water partition coefficient (Wildman–Crippen LogP) is 2.70. The minimum absolute atomic E-state index is 0.0855. The lowest BCUT2D eigenvalue weighted by Gasteiger charge is -2.34. The molecule has 1 amide bonds. The van der Waals surface area contributed by atoms with E-state index in [1.54, 1.807) is 20.3 Å². The van der Waals surface area contributed by atoms with Gasteiger partial charge in [0.05, 0.1) is 18.0 Å². The molecule has 1 aromatic heterocycles. The standard InChI is InChI=1S/C17H26N2O4/c1-13-14(7-8-15(18-13)23-12-11-21-2)19-16(20)17(22-3)9-5-4-6-10-17/h7-8H,4-6,9-12H2,1-3H3,(H,19,20). The maximum Gasteiger partial charge on any atom is 0.256 e. The summed E-state index contributed by atoms with van der Waals surface area (Å²) in [4.78, 5) is 17.0. The minimum atomic E-state index is -0.710. The van der Waals surface area contributed by atoms with Crippen LogP contribution in [0.5, 0.6) is 5.88 Å². The van der Waals surface area contributed by atoms with E-state index in [1.165, 1.54) is 0 Å². The lowest BCUT2D eigenvalue weighted by atomic mass is 9.84. The van der Waals surface area contributed by atoms with Crippen LogP contribution in [0.2, 0.25) is 0 Å². The summed E-state index contributed by atoms with van der Waals surface area (Å²) in [6, 6.07) is 3.56. The van der Waals surface area contributed by atoms with E-state index in [0.717, 1.165) is 37.8 Å². The molecule has 1 heterocycles. The lowest BCUT2D eigenvalue weighted by Crippen LogP contribution is -2.46. The number of pyridine rings is 1. The zero-order valence-electron chi connectivity index (χ0n) is 14.2. The van der Waals surface area contributed by atoms with Crippen LogP contribution < -0.4 is 10.1 Å². The Hall–Kier alpha value is -1.66. The fraction of sp³-hybridized carbons (Fsp3) is 0.647. The largest absolute Gasteiger partial charge is 0.475 e. The third kappa shape index (κ3) is 4.42. The fourth-order valence-electron chi connectivity index (χ4n) is 2.86. The van der Waals surface area contributed by atoms with Crippen LogP contribution in [0.3, 0.4) is 0 Å². The third-order valence-electron chi connectivity index (χ3n) is 4.31. The van der Waals surface area contributed by atoms with Crippen LogP contribution in [-0.2, 0) is 14.3 Å². The number of aromatic nitrogens is 1. The molecule has 23 heavy (non-hydrogen) atoms. The Morgan fingerprint density at radius 1 is 1.22 bits per heavy atom. The first-order valence-corrected chi connectivity index (χ1v) is 8.07.